The van der Waals surface area contributed by atoms with E-state index >= 15 is 0 Å². The molecule has 6 nitrogen and oxygen atoms in total. The Morgan fingerprint density at radius 3 is 0.591 bits per heavy atom. The molecule has 0 N–H and O–H groups in total. The van der Waals surface area contributed by atoms with Gasteiger partial charge in [-0.2, -0.15) is 0 Å². The number of nitrogens with zero attached hydrogens (tertiary/aromatic N) is 6. The largest absolute Gasteiger partial charge is 0.309 e. The van der Waals surface area contributed by atoms with Gasteiger partial charge in [0.25, 0.3) is 0 Å². The molecule has 21 aromatic carbocycles. The highest BCUT2D eigenvalue weighted by Crippen LogP contribution is 2.48. The lowest BCUT2D eigenvalue weighted by molar-refractivity contribution is 1.15. The van der Waals surface area contributed by atoms with Crippen LogP contribution in [0.25, 0.3) is 232 Å². The van der Waals surface area contributed by atoms with E-state index < -0.39 is 0 Å². The molecule has 0 aliphatic heterocycles. The molecule has 0 spiro atoms. The van der Waals surface area contributed by atoms with Crippen molar-refractivity contribution in [2.45, 2.75) is 0 Å². The molecule has 27 rings (SSSR count). The van der Waals surface area contributed by atoms with Crippen molar-refractivity contribution in [2.75, 3.05) is 0 Å². The number of hydrogen-bond acceptors (Lipinski definition) is 0. The summed E-state index contributed by atoms with van der Waals surface area (Å²) >= 11 is 0. The van der Waals surface area contributed by atoms with Gasteiger partial charge in [0.1, 0.15) is 0 Å². The van der Waals surface area contributed by atoms with E-state index in [-0.39, 0.29) is 0 Å². The van der Waals surface area contributed by atoms with E-state index in [0.717, 1.165) is 22.7 Å². The van der Waals surface area contributed by atoms with Crippen LogP contribution >= 0.6 is 0 Å². The van der Waals surface area contributed by atoms with Crippen molar-refractivity contribution in [3.63, 3.8) is 0 Å². The SMILES string of the molecule is c1ccc(-c2cc(-c3ccccc3)cc(-n3c4ccccc4c4c5c6ccccc6n(-c6ccccc6)c5ccc43)c2)cc1.c1ccc(-c2cc(-c3ccccc3)cc(-n3c4ccccc4c4cc5c(cc43)c3ccccc3n5-c3ccccc3)c2)cc1.c1ccc(-c2cc(-c3ccccc3)cc(-n3c4ccccc4c4ccc5c6ccccc6n(-c6ccccc6)c5c43)c2)cc1. The van der Waals surface area contributed by atoms with E-state index in [1.165, 1.54) is 209 Å². The van der Waals surface area contributed by atoms with Crippen molar-refractivity contribution in [3.8, 4) is 101 Å². The van der Waals surface area contributed by atoms with Crippen LogP contribution in [0.1, 0.15) is 0 Å². The predicted molar refractivity (Wildman–Crippen MR) is 558 cm³/mol. The second kappa shape index (κ2) is 32.4. The molecule has 618 valence electrons. The van der Waals surface area contributed by atoms with Crippen molar-refractivity contribution in [2.24, 2.45) is 0 Å². The van der Waals surface area contributed by atoms with E-state index in [0.29, 0.717) is 0 Å². The van der Waals surface area contributed by atoms with Crippen LogP contribution in [0.2, 0.25) is 0 Å². The monoisotopic (exact) mass is 1680 g/mol. The van der Waals surface area contributed by atoms with Crippen LogP contribution in [-0.4, -0.2) is 27.4 Å². The summed E-state index contributed by atoms with van der Waals surface area (Å²) in [6, 6.07) is 184. The number of hydrogen-bond donors (Lipinski definition) is 0. The van der Waals surface area contributed by atoms with Crippen molar-refractivity contribution >= 4 is 131 Å². The highest BCUT2D eigenvalue weighted by atomic mass is 15.1. The number of benzene rings is 21. The van der Waals surface area contributed by atoms with Crippen LogP contribution in [0.5, 0.6) is 0 Å². The lowest BCUT2D eigenvalue weighted by Gasteiger charge is -2.15. The molecule has 6 heteroatoms. The zero-order valence-corrected chi connectivity index (χ0v) is 72.2. The summed E-state index contributed by atoms with van der Waals surface area (Å²) in [7, 11) is 0. The van der Waals surface area contributed by atoms with Crippen LogP contribution in [0.3, 0.4) is 0 Å². The van der Waals surface area contributed by atoms with Crippen LogP contribution in [0, 0.1) is 0 Å². The van der Waals surface area contributed by atoms with E-state index in [4.69, 9.17) is 0 Å². The van der Waals surface area contributed by atoms with E-state index in [1.54, 1.807) is 0 Å². The Bertz CT molecular complexity index is 8720. The highest BCUT2D eigenvalue weighted by molar-refractivity contribution is 6.30. The minimum atomic E-state index is 1.15. The zero-order chi connectivity index (χ0) is 87.1. The van der Waals surface area contributed by atoms with Gasteiger partial charge in [0.15, 0.2) is 0 Å². The van der Waals surface area contributed by atoms with Gasteiger partial charge in [-0.05, 0) is 218 Å². The highest BCUT2D eigenvalue weighted by Gasteiger charge is 2.26. The van der Waals surface area contributed by atoms with Gasteiger partial charge in [-0.3, -0.25) is 0 Å². The summed E-state index contributed by atoms with van der Waals surface area (Å²) in [5.74, 6) is 0. The van der Waals surface area contributed by atoms with Crippen LogP contribution in [0.4, 0.5) is 0 Å². The number of aromatic nitrogens is 6. The maximum atomic E-state index is 2.49. The fourth-order valence-corrected chi connectivity index (χ4v) is 20.8. The molecule has 0 atom stereocenters. The minimum Gasteiger partial charge on any atom is -0.309 e. The van der Waals surface area contributed by atoms with Gasteiger partial charge in [0, 0.05) is 98.8 Å². The Balaban J connectivity index is 0.000000106. The normalized spacial score (nSPS) is 11.6. The summed E-state index contributed by atoms with van der Waals surface area (Å²) in [5, 5.41) is 15.1. The molecule has 0 unspecified atom stereocenters. The van der Waals surface area contributed by atoms with E-state index in [1.807, 2.05) is 0 Å². The van der Waals surface area contributed by atoms with E-state index in [2.05, 4.69) is 537 Å². The fraction of sp³-hybridized carbons (Fsp3) is 0. The van der Waals surface area contributed by atoms with Crippen molar-refractivity contribution in [1.29, 1.82) is 0 Å². The molecule has 27 aromatic rings. The van der Waals surface area contributed by atoms with Crippen LogP contribution < -0.4 is 0 Å². The summed E-state index contributed by atoms with van der Waals surface area (Å²) < 4.78 is 14.7. The molecule has 0 aliphatic rings. The first-order valence-corrected chi connectivity index (χ1v) is 45.4. The van der Waals surface area contributed by atoms with Crippen molar-refractivity contribution in [3.05, 3.63) is 510 Å². The molecular weight excluding hydrogens is 1600 g/mol. The smallest absolute Gasteiger partial charge is 0.0788 e. The van der Waals surface area contributed by atoms with Crippen molar-refractivity contribution in [1.82, 2.24) is 27.4 Å². The Labute approximate surface area is 763 Å². The van der Waals surface area contributed by atoms with E-state index in [9.17, 15) is 0 Å². The lowest BCUT2D eigenvalue weighted by atomic mass is 9.98. The molecule has 0 aliphatic carbocycles. The Kier molecular flexibility index (Phi) is 18.8. The first kappa shape index (κ1) is 76.8. The molecule has 0 amide bonds. The second-order valence-corrected chi connectivity index (χ2v) is 34.2. The molecule has 0 radical (unpaired) electrons. The molecule has 0 saturated carbocycles. The summed E-state index contributed by atoms with van der Waals surface area (Å²) in [6.07, 6.45) is 0. The first-order chi connectivity index (χ1) is 65.5. The Hall–Kier alpha value is -17.6. The third kappa shape index (κ3) is 13.1. The van der Waals surface area contributed by atoms with Gasteiger partial charge in [-0.1, -0.05) is 358 Å². The molecule has 6 aromatic heterocycles. The van der Waals surface area contributed by atoms with Gasteiger partial charge in [0.05, 0.1) is 66.2 Å². The average molecular weight is 1680 g/mol. The zero-order valence-electron chi connectivity index (χ0n) is 72.2. The molecule has 132 heavy (non-hydrogen) atoms. The predicted octanol–water partition coefficient (Wildman–Crippen LogP) is 33.6. The topological polar surface area (TPSA) is 29.6 Å². The minimum absolute atomic E-state index is 1.15. The number of rotatable bonds is 12. The fourth-order valence-electron chi connectivity index (χ4n) is 20.8. The first-order valence-electron chi connectivity index (χ1n) is 45.4. The molecular formula is C126H84N6. The summed E-state index contributed by atoms with van der Waals surface area (Å²) in [4.78, 5) is 0. The van der Waals surface area contributed by atoms with Gasteiger partial charge in [0.2, 0.25) is 0 Å². The Morgan fingerprint density at radius 1 is 0.0985 bits per heavy atom. The molecule has 6 heterocycles. The number of para-hydroxylation sites is 9. The van der Waals surface area contributed by atoms with Crippen LogP contribution in [-0.2, 0) is 0 Å². The molecule has 0 fully saturated rings. The van der Waals surface area contributed by atoms with Gasteiger partial charge < -0.3 is 27.4 Å². The number of fused-ring (bicyclic) bond motifs is 20. The second-order valence-electron chi connectivity index (χ2n) is 34.2. The maximum Gasteiger partial charge on any atom is 0.0788 e. The Morgan fingerprint density at radius 2 is 0.295 bits per heavy atom. The molecule has 0 saturated heterocycles. The standard InChI is InChI=1S/3C42H28N2/c1-4-14-29(15-5-1)31-24-32(30-16-6-2-7-17-30)26-34(25-31)44-40-23-13-11-21-36(40)38-27-41-37(28-42(38)44)35-20-10-12-22-39(35)43(41)33-18-8-3-9-19-33;1-4-14-29(15-5-1)31-26-32(30-16-6-2-7-17-30)28-34(27-31)44-40-23-13-11-21-36(40)38-25-24-37-35-20-10-12-22-39(35)43(41(37)42(38)44)33-18-8-3-9-19-33;1-4-14-29(15-5-1)31-26-32(30-16-6-2-7-17-30)28-34(27-31)44-38-23-13-11-21-36(38)42-40(44)25-24-39-41(42)35-20-10-12-22-37(35)43(39)33-18-8-3-9-19-33/h3*1-28H. The maximum absolute atomic E-state index is 2.49. The third-order valence-corrected chi connectivity index (χ3v) is 26.6. The van der Waals surface area contributed by atoms with Gasteiger partial charge in [-0.25, -0.2) is 0 Å². The average Bonchev–Trinajstić information content (AvgIpc) is 1.55. The van der Waals surface area contributed by atoms with Gasteiger partial charge >= 0.3 is 0 Å². The van der Waals surface area contributed by atoms with Crippen LogP contribution in [0.15, 0.2) is 510 Å². The molecule has 0 bridgehead atoms. The summed E-state index contributed by atoms with van der Waals surface area (Å²) in [6.45, 7) is 0. The van der Waals surface area contributed by atoms with Crippen molar-refractivity contribution < 1.29 is 0 Å². The quantitative estimate of drug-likeness (QED) is 0.117. The van der Waals surface area contributed by atoms with Gasteiger partial charge in [-0.15, -0.1) is 0 Å². The lowest BCUT2D eigenvalue weighted by Crippen LogP contribution is -1.99. The third-order valence-electron chi connectivity index (χ3n) is 26.6. The summed E-state index contributed by atoms with van der Waals surface area (Å²) in [5.41, 5.74) is 35.9.